The predicted molar refractivity (Wildman–Crippen MR) is 100.0 cm³/mol. The minimum absolute atomic E-state index is 0.0592. The van der Waals surface area contributed by atoms with Crippen molar-refractivity contribution in [3.63, 3.8) is 0 Å². The van der Waals surface area contributed by atoms with E-state index >= 15 is 0 Å². The van der Waals surface area contributed by atoms with Crippen molar-refractivity contribution in [1.82, 2.24) is 9.88 Å². The van der Waals surface area contributed by atoms with Gasteiger partial charge in [0.1, 0.15) is 0 Å². The highest BCUT2D eigenvalue weighted by atomic mass is 32.2. The molecule has 1 aliphatic rings. The first-order valence-corrected chi connectivity index (χ1v) is 8.38. The first kappa shape index (κ1) is 16.2. The van der Waals surface area contributed by atoms with Crippen LogP contribution in [0.25, 0.3) is 6.08 Å². The van der Waals surface area contributed by atoms with Gasteiger partial charge in [-0.2, -0.15) is 0 Å². The summed E-state index contributed by atoms with van der Waals surface area (Å²) in [7, 11) is 0. The van der Waals surface area contributed by atoms with Crippen LogP contribution >= 0.6 is 11.8 Å². The summed E-state index contributed by atoms with van der Waals surface area (Å²) in [6.07, 6.45) is 5.28. The van der Waals surface area contributed by atoms with Crippen LogP contribution in [0.3, 0.4) is 0 Å². The van der Waals surface area contributed by atoms with Crippen LogP contribution in [0.1, 0.15) is 11.1 Å². The molecule has 120 valence electrons. The zero-order valence-electron chi connectivity index (χ0n) is 13.3. The highest BCUT2D eigenvalue weighted by Gasteiger charge is 2.32. The lowest BCUT2D eigenvalue weighted by Gasteiger charge is -2.12. The van der Waals surface area contributed by atoms with Gasteiger partial charge in [0.15, 0.2) is 11.0 Å². The minimum atomic E-state index is -0.0592. The molecule has 1 aromatic carbocycles. The van der Waals surface area contributed by atoms with Gasteiger partial charge in [-0.15, -0.1) is 6.58 Å². The van der Waals surface area contributed by atoms with Crippen LogP contribution in [0.5, 0.6) is 0 Å². The third-order valence-corrected chi connectivity index (χ3v) is 4.41. The zero-order valence-corrected chi connectivity index (χ0v) is 14.2. The summed E-state index contributed by atoms with van der Waals surface area (Å²) in [5.74, 6) is 0.523. The number of amides is 1. The first-order valence-electron chi connectivity index (χ1n) is 7.56. The van der Waals surface area contributed by atoms with Crippen LogP contribution in [0.2, 0.25) is 0 Å². The van der Waals surface area contributed by atoms with Crippen LogP contribution < -0.4 is 0 Å². The van der Waals surface area contributed by atoms with Crippen molar-refractivity contribution in [2.75, 3.05) is 6.54 Å². The number of amidine groups is 1. The molecule has 0 radical (unpaired) electrons. The molecule has 0 unspecified atom stereocenters. The number of hydrogen-bond donors (Lipinski definition) is 0. The molecule has 0 saturated carbocycles. The summed E-state index contributed by atoms with van der Waals surface area (Å²) >= 11 is 1.36. The fourth-order valence-corrected chi connectivity index (χ4v) is 3.31. The third-order valence-electron chi connectivity index (χ3n) is 3.40. The van der Waals surface area contributed by atoms with Gasteiger partial charge in [0.25, 0.3) is 5.91 Å². The number of hydrogen-bond acceptors (Lipinski definition) is 4. The van der Waals surface area contributed by atoms with E-state index in [4.69, 9.17) is 0 Å². The van der Waals surface area contributed by atoms with Gasteiger partial charge in [0, 0.05) is 12.7 Å². The quantitative estimate of drug-likeness (QED) is 0.622. The van der Waals surface area contributed by atoms with Crippen molar-refractivity contribution in [3.05, 3.63) is 77.3 Å². The Bertz CT molecular complexity index is 828. The molecule has 2 heterocycles. The maximum Gasteiger partial charge on any atom is 0.267 e. The number of rotatable bonds is 4. The second kappa shape index (κ2) is 7.27. The lowest BCUT2D eigenvalue weighted by Crippen LogP contribution is -2.29. The van der Waals surface area contributed by atoms with E-state index in [0.29, 0.717) is 22.4 Å². The fraction of sp³-hybridized carbons (Fsp3) is 0.105. The number of aromatic nitrogens is 1. The standard InChI is InChI=1S/C19H17N3OS/c1-3-11-22-18(23)16(13-15-8-6-7-14(2)12-15)24-19(22)21-17-9-4-5-10-20-17/h3-10,12-13H,1,11H2,2H3/b16-13-,21-19+. The molecule has 0 aliphatic carbocycles. The average Bonchev–Trinajstić information content (AvgIpc) is 2.85. The summed E-state index contributed by atoms with van der Waals surface area (Å²) in [6, 6.07) is 13.6. The fourth-order valence-electron chi connectivity index (χ4n) is 2.31. The number of carbonyl (C=O) groups excluding carboxylic acids is 1. The molecular weight excluding hydrogens is 318 g/mol. The van der Waals surface area contributed by atoms with Crippen molar-refractivity contribution in [1.29, 1.82) is 0 Å². The Morgan fingerprint density at radius 1 is 1.29 bits per heavy atom. The van der Waals surface area contributed by atoms with E-state index in [1.165, 1.54) is 11.8 Å². The molecule has 24 heavy (non-hydrogen) atoms. The molecule has 1 amide bonds. The van der Waals surface area contributed by atoms with Gasteiger partial charge >= 0.3 is 0 Å². The Balaban J connectivity index is 1.95. The largest absolute Gasteiger partial charge is 0.282 e. The number of carbonyl (C=O) groups is 1. The number of pyridine rings is 1. The van der Waals surface area contributed by atoms with Crippen LogP contribution in [0.15, 0.2) is 71.2 Å². The molecule has 1 fully saturated rings. The topological polar surface area (TPSA) is 45.6 Å². The number of benzene rings is 1. The van der Waals surface area contributed by atoms with Gasteiger partial charge in [-0.3, -0.25) is 9.69 Å². The lowest BCUT2D eigenvalue weighted by atomic mass is 10.1. The van der Waals surface area contributed by atoms with Crippen LogP contribution in [0, 0.1) is 6.92 Å². The Hall–Kier alpha value is -2.66. The molecule has 2 aromatic rings. The van der Waals surface area contributed by atoms with E-state index in [9.17, 15) is 4.79 Å². The van der Waals surface area contributed by atoms with E-state index in [1.54, 1.807) is 17.2 Å². The SMILES string of the molecule is C=CCN1C(=O)/C(=C/c2cccc(C)c2)S/C1=N/c1ccccn1. The number of nitrogens with zero attached hydrogens (tertiary/aromatic N) is 3. The van der Waals surface area contributed by atoms with E-state index in [2.05, 4.69) is 16.6 Å². The molecule has 3 rings (SSSR count). The Morgan fingerprint density at radius 2 is 2.17 bits per heavy atom. The average molecular weight is 335 g/mol. The maximum atomic E-state index is 12.7. The highest BCUT2D eigenvalue weighted by molar-refractivity contribution is 8.18. The molecule has 0 atom stereocenters. The zero-order chi connectivity index (χ0) is 16.9. The number of thioether (sulfide) groups is 1. The Morgan fingerprint density at radius 3 is 2.88 bits per heavy atom. The second-order valence-corrected chi connectivity index (χ2v) is 6.32. The van der Waals surface area contributed by atoms with Crippen molar-refractivity contribution < 1.29 is 4.79 Å². The smallest absolute Gasteiger partial charge is 0.267 e. The Kier molecular flexibility index (Phi) is 4.91. The molecule has 0 N–H and O–H groups in total. The van der Waals surface area contributed by atoms with Crippen molar-refractivity contribution in [3.8, 4) is 0 Å². The van der Waals surface area contributed by atoms with Crippen molar-refractivity contribution in [2.45, 2.75) is 6.92 Å². The molecular formula is C19H17N3OS. The molecule has 1 saturated heterocycles. The lowest BCUT2D eigenvalue weighted by molar-refractivity contribution is -0.121. The predicted octanol–water partition coefficient (Wildman–Crippen LogP) is 4.18. The van der Waals surface area contributed by atoms with E-state index in [1.807, 2.05) is 55.5 Å². The van der Waals surface area contributed by atoms with Gasteiger partial charge in [-0.25, -0.2) is 9.98 Å². The minimum Gasteiger partial charge on any atom is -0.282 e. The molecule has 5 heteroatoms. The van der Waals surface area contributed by atoms with Crippen LogP contribution in [-0.4, -0.2) is 27.5 Å². The van der Waals surface area contributed by atoms with E-state index in [0.717, 1.165) is 11.1 Å². The van der Waals surface area contributed by atoms with Gasteiger partial charge in [-0.05, 0) is 42.5 Å². The normalized spacial score (nSPS) is 17.7. The molecule has 1 aliphatic heterocycles. The monoisotopic (exact) mass is 335 g/mol. The van der Waals surface area contributed by atoms with Gasteiger partial charge < -0.3 is 0 Å². The van der Waals surface area contributed by atoms with Crippen LogP contribution in [0.4, 0.5) is 5.82 Å². The Labute approximate surface area is 145 Å². The molecule has 0 bridgehead atoms. The maximum absolute atomic E-state index is 12.7. The van der Waals surface area contributed by atoms with Gasteiger partial charge in [0.2, 0.25) is 0 Å². The summed E-state index contributed by atoms with van der Waals surface area (Å²) in [5.41, 5.74) is 2.16. The van der Waals surface area contributed by atoms with Crippen molar-refractivity contribution in [2.24, 2.45) is 4.99 Å². The number of aryl methyl sites for hydroxylation is 1. The second-order valence-electron chi connectivity index (χ2n) is 5.31. The summed E-state index contributed by atoms with van der Waals surface area (Å²) in [4.78, 5) is 23.6. The van der Waals surface area contributed by atoms with E-state index in [-0.39, 0.29) is 5.91 Å². The molecule has 0 spiro atoms. The first-order chi connectivity index (χ1) is 11.7. The van der Waals surface area contributed by atoms with Gasteiger partial charge in [0.05, 0.1) is 4.91 Å². The van der Waals surface area contributed by atoms with Crippen molar-refractivity contribution >= 4 is 34.7 Å². The third kappa shape index (κ3) is 3.63. The summed E-state index contributed by atoms with van der Waals surface area (Å²) in [6.45, 7) is 6.18. The highest BCUT2D eigenvalue weighted by Crippen LogP contribution is 2.33. The molecule has 1 aromatic heterocycles. The van der Waals surface area contributed by atoms with Crippen LogP contribution in [-0.2, 0) is 4.79 Å². The summed E-state index contributed by atoms with van der Waals surface area (Å²) in [5, 5.41) is 0.623. The van der Waals surface area contributed by atoms with Gasteiger partial charge in [-0.1, -0.05) is 42.0 Å². The van der Waals surface area contributed by atoms with E-state index < -0.39 is 0 Å². The molecule has 4 nitrogen and oxygen atoms in total. The summed E-state index contributed by atoms with van der Waals surface area (Å²) < 4.78 is 0. The number of aliphatic imine (C=N–C) groups is 1.